The summed E-state index contributed by atoms with van der Waals surface area (Å²) in [6, 6.07) is 17.8. The van der Waals surface area contributed by atoms with Crippen molar-refractivity contribution in [2.45, 2.75) is 26.3 Å². The molecule has 2 amide bonds. The molecular weight excluding hydrogens is 388 g/mol. The number of aromatic nitrogens is 2. The van der Waals surface area contributed by atoms with Crippen molar-refractivity contribution in [3.05, 3.63) is 72.1 Å². The number of rotatable bonds is 6. The molecule has 31 heavy (non-hydrogen) atoms. The Morgan fingerprint density at radius 1 is 1.06 bits per heavy atom. The first-order valence-corrected chi connectivity index (χ1v) is 10.8. The van der Waals surface area contributed by atoms with Gasteiger partial charge in [0.05, 0.1) is 11.0 Å². The van der Waals surface area contributed by atoms with Gasteiger partial charge in [0.15, 0.2) is 0 Å². The van der Waals surface area contributed by atoms with Gasteiger partial charge in [0.1, 0.15) is 5.82 Å². The van der Waals surface area contributed by atoms with Gasteiger partial charge < -0.3 is 14.8 Å². The van der Waals surface area contributed by atoms with Crippen molar-refractivity contribution >= 4 is 28.9 Å². The summed E-state index contributed by atoms with van der Waals surface area (Å²) in [6.45, 7) is 4.47. The van der Waals surface area contributed by atoms with E-state index in [-0.39, 0.29) is 17.7 Å². The molecule has 4 rings (SSSR count). The first-order chi connectivity index (χ1) is 15.1. The average Bonchev–Trinajstić information content (AvgIpc) is 3.13. The molecule has 0 aliphatic carbocycles. The van der Waals surface area contributed by atoms with Crippen LogP contribution >= 0.6 is 0 Å². The highest BCUT2D eigenvalue weighted by molar-refractivity contribution is 5.92. The molecule has 6 heteroatoms. The maximum atomic E-state index is 12.6. The number of carbonyl (C=O) groups excluding carboxylic acids is 2. The van der Waals surface area contributed by atoms with E-state index in [0.717, 1.165) is 22.4 Å². The second-order valence-corrected chi connectivity index (χ2v) is 7.93. The summed E-state index contributed by atoms with van der Waals surface area (Å²) in [4.78, 5) is 31.4. The van der Waals surface area contributed by atoms with Crippen molar-refractivity contribution in [3.8, 4) is 0 Å². The van der Waals surface area contributed by atoms with Gasteiger partial charge in [-0.1, -0.05) is 42.5 Å². The quantitative estimate of drug-likeness (QED) is 0.626. The molecule has 1 aromatic heterocycles. The minimum Gasteiger partial charge on any atom is -0.354 e. The fourth-order valence-electron chi connectivity index (χ4n) is 4.11. The third-order valence-electron chi connectivity index (χ3n) is 5.88. The highest BCUT2D eigenvalue weighted by atomic mass is 16.2. The van der Waals surface area contributed by atoms with E-state index in [9.17, 15) is 9.59 Å². The number of carbonyl (C=O) groups is 2. The zero-order chi connectivity index (χ0) is 21.6. The lowest BCUT2D eigenvalue weighted by atomic mass is 9.96. The van der Waals surface area contributed by atoms with Crippen molar-refractivity contribution < 1.29 is 9.59 Å². The normalized spacial score (nSPS) is 14.9. The summed E-state index contributed by atoms with van der Waals surface area (Å²) in [5.74, 6) is 0.993. The van der Waals surface area contributed by atoms with Crippen molar-refractivity contribution in [3.63, 3.8) is 0 Å². The van der Waals surface area contributed by atoms with Gasteiger partial charge >= 0.3 is 0 Å². The number of hydrogen-bond acceptors (Lipinski definition) is 3. The SMILES string of the molecule is Cc1nc2ccccc2n1CCNC(=O)C1CCN(C(=O)/C=C/c2ccccc2)CC1. The third kappa shape index (κ3) is 5.02. The molecule has 1 fully saturated rings. The second-order valence-electron chi connectivity index (χ2n) is 7.93. The summed E-state index contributed by atoms with van der Waals surface area (Å²) in [6.07, 6.45) is 4.85. The number of aryl methyl sites for hydroxylation is 1. The average molecular weight is 417 g/mol. The van der Waals surface area contributed by atoms with E-state index < -0.39 is 0 Å². The van der Waals surface area contributed by atoms with Gasteiger partial charge in [-0.15, -0.1) is 0 Å². The Kier molecular flexibility index (Phi) is 6.46. The fourth-order valence-corrected chi connectivity index (χ4v) is 4.11. The molecule has 1 aliphatic rings. The highest BCUT2D eigenvalue weighted by Crippen LogP contribution is 2.18. The van der Waals surface area contributed by atoms with E-state index in [1.807, 2.05) is 66.4 Å². The molecule has 160 valence electrons. The highest BCUT2D eigenvalue weighted by Gasteiger charge is 2.26. The van der Waals surface area contributed by atoms with E-state index in [0.29, 0.717) is 39.0 Å². The topological polar surface area (TPSA) is 67.2 Å². The molecule has 0 bridgehead atoms. The molecule has 0 unspecified atom stereocenters. The van der Waals surface area contributed by atoms with Gasteiger partial charge in [0, 0.05) is 38.2 Å². The number of piperidine rings is 1. The molecule has 1 N–H and O–H groups in total. The first kappa shape index (κ1) is 20.8. The summed E-state index contributed by atoms with van der Waals surface area (Å²) < 4.78 is 2.13. The zero-order valence-electron chi connectivity index (χ0n) is 17.8. The van der Waals surface area contributed by atoms with Crippen LogP contribution in [-0.2, 0) is 16.1 Å². The molecular formula is C25H28N4O2. The second kappa shape index (κ2) is 9.60. The Hall–Kier alpha value is -3.41. The molecule has 0 spiro atoms. The maximum absolute atomic E-state index is 12.6. The lowest BCUT2D eigenvalue weighted by molar-refractivity contribution is -0.132. The Labute approximate surface area is 182 Å². The van der Waals surface area contributed by atoms with E-state index in [1.54, 1.807) is 6.08 Å². The van der Waals surface area contributed by atoms with Crippen LogP contribution in [0.25, 0.3) is 17.1 Å². The number of nitrogens with one attached hydrogen (secondary N) is 1. The summed E-state index contributed by atoms with van der Waals surface area (Å²) >= 11 is 0. The van der Waals surface area contributed by atoms with Crippen LogP contribution in [0, 0.1) is 12.8 Å². The Morgan fingerprint density at radius 3 is 2.55 bits per heavy atom. The summed E-state index contributed by atoms with van der Waals surface area (Å²) in [7, 11) is 0. The Morgan fingerprint density at radius 2 is 1.77 bits per heavy atom. The van der Waals surface area contributed by atoms with Gasteiger partial charge in [-0.2, -0.15) is 0 Å². The molecule has 1 aliphatic heterocycles. The van der Waals surface area contributed by atoms with Gasteiger partial charge in [-0.25, -0.2) is 4.98 Å². The van der Waals surface area contributed by atoms with Crippen LogP contribution in [0.1, 0.15) is 24.2 Å². The van der Waals surface area contributed by atoms with E-state index in [2.05, 4.69) is 20.9 Å². The van der Waals surface area contributed by atoms with E-state index in [1.165, 1.54) is 0 Å². The zero-order valence-corrected chi connectivity index (χ0v) is 17.8. The van der Waals surface area contributed by atoms with Crippen LogP contribution in [-0.4, -0.2) is 45.9 Å². The molecule has 6 nitrogen and oxygen atoms in total. The number of imidazole rings is 1. The monoisotopic (exact) mass is 416 g/mol. The number of likely N-dealkylation sites (tertiary alicyclic amines) is 1. The van der Waals surface area contributed by atoms with Crippen molar-refractivity contribution in [1.82, 2.24) is 19.8 Å². The molecule has 0 saturated carbocycles. The predicted molar refractivity (Wildman–Crippen MR) is 122 cm³/mol. The molecule has 0 radical (unpaired) electrons. The maximum Gasteiger partial charge on any atom is 0.246 e. The van der Waals surface area contributed by atoms with Crippen LogP contribution in [0.3, 0.4) is 0 Å². The van der Waals surface area contributed by atoms with Gasteiger partial charge in [-0.3, -0.25) is 9.59 Å². The van der Waals surface area contributed by atoms with Crippen LogP contribution in [0.4, 0.5) is 0 Å². The number of amides is 2. The van der Waals surface area contributed by atoms with E-state index >= 15 is 0 Å². The van der Waals surface area contributed by atoms with Crippen LogP contribution in [0.15, 0.2) is 60.7 Å². The van der Waals surface area contributed by atoms with Crippen LogP contribution in [0.5, 0.6) is 0 Å². The standard InChI is InChI=1S/C25H28N4O2/c1-19-27-22-9-5-6-10-23(22)29(19)18-15-26-25(31)21-13-16-28(17-14-21)24(30)12-11-20-7-3-2-4-8-20/h2-12,21H,13-18H2,1H3,(H,26,31)/b12-11+. The van der Waals surface area contributed by atoms with Crippen molar-refractivity contribution in [2.75, 3.05) is 19.6 Å². The van der Waals surface area contributed by atoms with Gasteiger partial charge in [-0.05, 0) is 43.5 Å². The van der Waals surface area contributed by atoms with Crippen LogP contribution in [0.2, 0.25) is 0 Å². The largest absolute Gasteiger partial charge is 0.354 e. The lowest BCUT2D eigenvalue weighted by Gasteiger charge is -2.30. The Bertz CT molecular complexity index is 1080. The molecule has 1 saturated heterocycles. The summed E-state index contributed by atoms with van der Waals surface area (Å²) in [5.41, 5.74) is 3.07. The predicted octanol–water partition coefficient (Wildman–Crippen LogP) is 3.41. The number of benzene rings is 2. The lowest BCUT2D eigenvalue weighted by Crippen LogP contribution is -2.43. The fraction of sp³-hybridized carbons (Fsp3) is 0.320. The minimum absolute atomic E-state index is 0.00479. The molecule has 3 aromatic rings. The number of fused-ring (bicyclic) bond motifs is 1. The minimum atomic E-state index is -0.0391. The smallest absolute Gasteiger partial charge is 0.246 e. The summed E-state index contributed by atoms with van der Waals surface area (Å²) in [5, 5.41) is 3.07. The third-order valence-corrected chi connectivity index (χ3v) is 5.88. The number of hydrogen-bond donors (Lipinski definition) is 1. The van der Waals surface area contributed by atoms with Crippen molar-refractivity contribution in [2.24, 2.45) is 5.92 Å². The van der Waals surface area contributed by atoms with Gasteiger partial charge in [0.25, 0.3) is 0 Å². The van der Waals surface area contributed by atoms with Gasteiger partial charge in [0.2, 0.25) is 11.8 Å². The molecule has 2 aromatic carbocycles. The molecule has 0 atom stereocenters. The number of para-hydroxylation sites is 2. The number of nitrogens with zero attached hydrogens (tertiary/aromatic N) is 3. The van der Waals surface area contributed by atoms with Crippen molar-refractivity contribution in [1.29, 1.82) is 0 Å². The van der Waals surface area contributed by atoms with Crippen LogP contribution < -0.4 is 5.32 Å². The molecule has 2 heterocycles. The first-order valence-electron chi connectivity index (χ1n) is 10.8. The Balaban J connectivity index is 1.23. The van der Waals surface area contributed by atoms with E-state index in [4.69, 9.17) is 0 Å².